The normalized spacial score (nSPS) is 17.2. The number of hydrogen-bond acceptors (Lipinski definition) is 3. The molecule has 1 saturated heterocycles. The van der Waals surface area contributed by atoms with E-state index in [9.17, 15) is 4.79 Å². The van der Waals surface area contributed by atoms with Crippen LogP contribution in [0.15, 0.2) is 24.3 Å². The maximum absolute atomic E-state index is 12.5. The van der Waals surface area contributed by atoms with Gasteiger partial charge in [0.1, 0.15) is 5.41 Å². The van der Waals surface area contributed by atoms with Gasteiger partial charge in [-0.3, -0.25) is 4.79 Å². The first-order valence-electron chi connectivity index (χ1n) is 7.27. The Bertz CT molecular complexity index is 525. The second-order valence-corrected chi connectivity index (χ2v) is 5.93. The second kappa shape index (κ2) is 7.00. The zero-order valence-corrected chi connectivity index (χ0v) is 13.2. The molecule has 3 N–H and O–H groups in total. The van der Waals surface area contributed by atoms with Crippen LogP contribution < -0.4 is 11.1 Å². The lowest BCUT2D eigenvalue weighted by Gasteiger charge is -2.34. The van der Waals surface area contributed by atoms with Crippen LogP contribution in [0.25, 0.3) is 0 Å². The van der Waals surface area contributed by atoms with Gasteiger partial charge in [-0.1, -0.05) is 36.5 Å². The van der Waals surface area contributed by atoms with E-state index in [1.165, 1.54) is 11.1 Å². The van der Waals surface area contributed by atoms with E-state index in [0.717, 1.165) is 6.42 Å². The first-order chi connectivity index (χ1) is 10.1. The van der Waals surface area contributed by atoms with Crippen molar-refractivity contribution in [2.24, 2.45) is 11.1 Å². The van der Waals surface area contributed by atoms with E-state index in [-0.39, 0.29) is 10.9 Å². The molecule has 21 heavy (non-hydrogen) atoms. The van der Waals surface area contributed by atoms with E-state index in [4.69, 9.17) is 22.7 Å². The van der Waals surface area contributed by atoms with Crippen LogP contribution in [0.5, 0.6) is 0 Å². The predicted octanol–water partition coefficient (Wildman–Crippen LogP) is 1.74. The Balaban J connectivity index is 1.94. The predicted molar refractivity (Wildman–Crippen MR) is 87.2 cm³/mol. The molecule has 0 saturated carbocycles. The summed E-state index contributed by atoms with van der Waals surface area (Å²) in [6, 6.07) is 8.19. The fourth-order valence-corrected chi connectivity index (χ4v) is 2.97. The molecule has 0 aliphatic carbocycles. The topological polar surface area (TPSA) is 64.4 Å². The van der Waals surface area contributed by atoms with E-state index < -0.39 is 5.41 Å². The molecule has 0 spiro atoms. The first-order valence-corrected chi connectivity index (χ1v) is 7.67. The van der Waals surface area contributed by atoms with Gasteiger partial charge in [-0.15, -0.1) is 0 Å². The number of nitrogens with two attached hydrogens (primary N) is 1. The number of rotatable bonds is 5. The molecule has 0 atom stereocenters. The number of carbonyl (C=O) groups is 1. The molecule has 2 rings (SSSR count). The zero-order valence-electron chi connectivity index (χ0n) is 12.4. The molecule has 1 aliphatic heterocycles. The van der Waals surface area contributed by atoms with Crippen molar-refractivity contribution in [2.75, 3.05) is 19.8 Å². The molecule has 1 aromatic rings. The van der Waals surface area contributed by atoms with Crippen LogP contribution in [0.1, 0.15) is 24.0 Å². The molecule has 0 bridgehead atoms. The van der Waals surface area contributed by atoms with E-state index in [1.807, 2.05) is 12.1 Å². The van der Waals surface area contributed by atoms with E-state index in [2.05, 4.69) is 24.4 Å². The summed E-state index contributed by atoms with van der Waals surface area (Å²) in [5.41, 5.74) is 7.57. The molecule has 0 unspecified atom stereocenters. The number of nitrogens with one attached hydrogen (secondary N) is 1. The number of amides is 1. The van der Waals surface area contributed by atoms with Gasteiger partial charge >= 0.3 is 0 Å². The van der Waals surface area contributed by atoms with Crippen LogP contribution in [-0.4, -0.2) is 30.7 Å². The highest BCUT2D eigenvalue weighted by Crippen LogP contribution is 2.31. The lowest BCUT2D eigenvalue weighted by molar-refractivity contribution is -0.131. The van der Waals surface area contributed by atoms with Crippen LogP contribution in [0.2, 0.25) is 0 Å². The van der Waals surface area contributed by atoms with Gasteiger partial charge in [-0.2, -0.15) is 0 Å². The van der Waals surface area contributed by atoms with Gasteiger partial charge in [0.2, 0.25) is 5.91 Å². The Morgan fingerprint density at radius 3 is 2.67 bits per heavy atom. The van der Waals surface area contributed by atoms with Gasteiger partial charge in [0.05, 0.1) is 4.99 Å². The monoisotopic (exact) mass is 306 g/mol. The summed E-state index contributed by atoms with van der Waals surface area (Å²) in [5.74, 6) is -0.0631. The Hall–Kier alpha value is -1.46. The molecule has 1 aliphatic rings. The Labute approximate surface area is 131 Å². The van der Waals surface area contributed by atoms with E-state index >= 15 is 0 Å². The van der Waals surface area contributed by atoms with Gasteiger partial charge in [0.25, 0.3) is 0 Å². The van der Waals surface area contributed by atoms with Gasteiger partial charge < -0.3 is 15.8 Å². The van der Waals surface area contributed by atoms with Crippen LogP contribution >= 0.6 is 12.2 Å². The molecule has 114 valence electrons. The number of carbonyl (C=O) groups excluding carboxylic acids is 1. The SMILES string of the molecule is Cc1ccccc1CCNC(=O)C1(C(N)=S)CCOCC1. The standard InChI is InChI=1S/C16H22N2O2S/c1-12-4-2-3-5-13(12)6-9-18-15(19)16(14(17)21)7-10-20-11-8-16/h2-5H,6-11H2,1H3,(H2,17,21)(H,18,19). The van der Waals surface area contributed by atoms with Gasteiger partial charge in [0.15, 0.2) is 0 Å². The van der Waals surface area contributed by atoms with Crippen molar-refractivity contribution in [1.29, 1.82) is 0 Å². The third-order valence-electron chi connectivity index (χ3n) is 4.19. The number of ether oxygens (including phenoxy) is 1. The molecule has 1 heterocycles. The summed E-state index contributed by atoms with van der Waals surface area (Å²) in [6.07, 6.45) is 1.94. The van der Waals surface area contributed by atoms with Crippen LogP contribution in [0, 0.1) is 12.3 Å². The summed E-state index contributed by atoms with van der Waals surface area (Å²) in [6.45, 7) is 3.73. The van der Waals surface area contributed by atoms with Gasteiger partial charge in [-0.05, 0) is 37.3 Å². The van der Waals surface area contributed by atoms with Crippen molar-refractivity contribution in [2.45, 2.75) is 26.2 Å². The Kier molecular flexibility index (Phi) is 5.31. The van der Waals surface area contributed by atoms with Crippen LogP contribution in [0.4, 0.5) is 0 Å². The molecule has 5 heteroatoms. The Morgan fingerprint density at radius 1 is 1.38 bits per heavy atom. The van der Waals surface area contributed by atoms with Crippen molar-refractivity contribution in [3.63, 3.8) is 0 Å². The zero-order chi connectivity index (χ0) is 15.3. The van der Waals surface area contributed by atoms with E-state index in [1.54, 1.807) is 0 Å². The average Bonchev–Trinajstić information content (AvgIpc) is 2.49. The number of hydrogen-bond donors (Lipinski definition) is 2. The van der Waals surface area contributed by atoms with Crippen LogP contribution in [0.3, 0.4) is 0 Å². The summed E-state index contributed by atoms with van der Waals surface area (Å²) in [5, 5.41) is 2.99. The maximum Gasteiger partial charge on any atom is 0.233 e. The minimum Gasteiger partial charge on any atom is -0.392 e. The minimum atomic E-state index is -0.737. The van der Waals surface area contributed by atoms with Crippen molar-refractivity contribution in [3.05, 3.63) is 35.4 Å². The fourth-order valence-electron chi connectivity index (χ4n) is 2.68. The Morgan fingerprint density at radius 2 is 2.05 bits per heavy atom. The van der Waals surface area contributed by atoms with E-state index in [0.29, 0.717) is 32.6 Å². The number of aryl methyl sites for hydroxylation is 1. The average molecular weight is 306 g/mol. The largest absolute Gasteiger partial charge is 0.392 e. The van der Waals surface area contributed by atoms with Crippen LogP contribution in [-0.2, 0) is 16.0 Å². The molecule has 0 radical (unpaired) electrons. The third-order valence-corrected chi connectivity index (χ3v) is 4.58. The maximum atomic E-state index is 12.5. The van der Waals surface area contributed by atoms with Crippen molar-refractivity contribution in [3.8, 4) is 0 Å². The third kappa shape index (κ3) is 3.60. The lowest BCUT2D eigenvalue weighted by atomic mass is 9.79. The molecule has 1 amide bonds. The molecule has 1 aromatic carbocycles. The number of benzene rings is 1. The van der Waals surface area contributed by atoms with Crippen molar-refractivity contribution in [1.82, 2.24) is 5.32 Å². The molecule has 1 fully saturated rings. The second-order valence-electron chi connectivity index (χ2n) is 5.49. The molecule has 0 aromatic heterocycles. The lowest BCUT2D eigenvalue weighted by Crippen LogP contribution is -2.52. The summed E-state index contributed by atoms with van der Waals surface area (Å²) in [7, 11) is 0. The number of thiocarbonyl (C=S) groups is 1. The van der Waals surface area contributed by atoms with Gasteiger partial charge in [0, 0.05) is 19.8 Å². The fraction of sp³-hybridized carbons (Fsp3) is 0.500. The van der Waals surface area contributed by atoms with Crippen molar-refractivity contribution < 1.29 is 9.53 Å². The quantitative estimate of drug-likeness (QED) is 0.813. The molecular weight excluding hydrogens is 284 g/mol. The smallest absolute Gasteiger partial charge is 0.233 e. The highest BCUT2D eigenvalue weighted by Gasteiger charge is 2.42. The highest BCUT2D eigenvalue weighted by atomic mass is 32.1. The molecule has 4 nitrogen and oxygen atoms in total. The summed E-state index contributed by atoms with van der Waals surface area (Å²) < 4.78 is 5.32. The molecular formula is C16H22N2O2S. The van der Waals surface area contributed by atoms with Crippen molar-refractivity contribution >= 4 is 23.1 Å². The van der Waals surface area contributed by atoms with Gasteiger partial charge in [-0.25, -0.2) is 0 Å². The summed E-state index contributed by atoms with van der Waals surface area (Å²) in [4.78, 5) is 12.8. The first kappa shape index (κ1) is 15.9. The highest BCUT2D eigenvalue weighted by molar-refractivity contribution is 7.80. The minimum absolute atomic E-state index is 0.0631. The summed E-state index contributed by atoms with van der Waals surface area (Å²) >= 11 is 5.13.